The minimum absolute atomic E-state index is 0.721. The molecule has 1 saturated heterocycles. The van der Waals surface area contributed by atoms with E-state index < -0.39 is 0 Å². The molecule has 4 heteroatoms. The van der Waals surface area contributed by atoms with E-state index >= 15 is 0 Å². The fourth-order valence-electron chi connectivity index (χ4n) is 3.50. The first-order valence-electron chi connectivity index (χ1n) is 8.15. The zero-order chi connectivity index (χ0) is 15.5. The van der Waals surface area contributed by atoms with Crippen LogP contribution < -0.4 is 5.73 Å². The maximum absolute atomic E-state index is 6.58. The van der Waals surface area contributed by atoms with E-state index in [4.69, 9.17) is 22.3 Å². The molecule has 0 bridgehead atoms. The maximum atomic E-state index is 6.58. The van der Waals surface area contributed by atoms with Gasteiger partial charge in [0.25, 0.3) is 0 Å². The second-order valence-electron chi connectivity index (χ2n) is 6.34. The lowest BCUT2D eigenvalue weighted by atomic mass is 9.94. The number of aryl methyl sites for hydroxylation is 1. The lowest BCUT2D eigenvalue weighted by molar-refractivity contribution is 0.161. The van der Waals surface area contributed by atoms with Gasteiger partial charge >= 0.3 is 0 Å². The van der Waals surface area contributed by atoms with Crippen LogP contribution in [0.1, 0.15) is 30.5 Å². The number of hydrogen-bond donors (Lipinski definition) is 1. The Morgan fingerprint density at radius 1 is 1.36 bits per heavy atom. The van der Waals surface area contributed by atoms with Crippen molar-refractivity contribution in [1.82, 2.24) is 9.88 Å². The third-order valence-electron chi connectivity index (χ3n) is 4.70. The van der Waals surface area contributed by atoms with Gasteiger partial charge in [0.1, 0.15) is 0 Å². The largest absolute Gasteiger partial charge is 0.330 e. The van der Waals surface area contributed by atoms with Crippen molar-refractivity contribution >= 4 is 22.5 Å². The van der Waals surface area contributed by atoms with Gasteiger partial charge in [-0.05, 0) is 56.8 Å². The molecule has 2 N–H and O–H groups in total. The summed E-state index contributed by atoms with van der Waals surface area (Å²) in [6.45, 7) is 5.95. The minimum atomic E-state index is 0.721. The molecule has 1 atom stereocenters. The van der Waals surface area contributed by atoms with Gasteiger partial charge in [-0.25, -0.2) is 4.98 Å². The van der Waals surface area contributed by atoms with Gasteiger partial charge in [0.2, 0.25) is 0 Å². The van der Waals surface area contributed by atoms with E-state index in [0.29, 0.717) is 0 Å². The Labute approximate surface area is 137 Å². The average Bonchev–Trinajstić information content (AvgIpc) is 2.53. The summed E-state index contributed by atoms with van der Waals surface area (Å²) in [4.78, 5) is 7.28. The first kappa shape index (κ1) is 15.7. The molecule has 1 aliphatic rings. The Morgan fingerprint density at radius 2 is 2.18 bits per heavy atom. The smallest absolute Gasteiger partial charge is 0.0740 e. The highest BCUT2D eigenvalue weighted by Gasteiger charge is 2.21. The van der Waals surface area contributed by atoms with Crippen LogP contribution in [0.25, 0.3) is 10.9 Å². The fourth-order valence-corrected chi connectivity index (χ4v) is 3.70. The van der Waals surface area contributed by atoms with Gasteiger partial charge in [-0.2, -0.15) is 0 Å². The predicted molar refractivity (Wildman–Crippen MR) is 93.2 cm³/mol. The second kappa shape index (κ2) is 6.95. The van der Waals surface area contributed by atoms with Crippen LogP contribution in [0.3, 0.4) is 0 Å². The Bertz CT molecular complexity index is 654. The van der Waals surface area contributed by atoms with Crippen molar-refractivity contribution in [3.63, 3.8) is 0 Å². The average molecular weight is 318 g/mol. The highest BCUT2D eigenvalue weighted by atomic mass is 35.5. The van der Waals surface area contributed by atoms with Crippen LogP contribution in [0, 0.1) is 12.8 Å². The molecular formula is C18H24ClN3. The molecule has 3 rings (SSSR count). The Morgan fingerprint density at radius 3 is 3.00 bits per heavy atom. The zero-order valence-electron chi connectivity index (χ0n) is 13.2. The number of rotatable bonds is 4. The number of fused-ring (bicyclic) bond motifs is 1. The number of aromatic nitrogens is 1. The van der Waals surface area contributed by atoms with Gasteiger partial charge in [-0.3, -0.25) is 4.90 Å². The Hall–Kier alpha value is -1.16. The summed E-state index contributed by atoms with van der Waals surface area (Å²) in [5.41, 5.74) is 8.89. The zero-order valence-corrected chi connectivity index (χ0v) is 13.9. The van der Waals surface area contributed by atoms with E-state index in [1.165, 1.54) is 12.8 Å². The standard InChI is InChI=1S/C18H24ClN3/c1-13-15-6-2-3-7-16(15)21-17(18(13)19)12-22-10-4-5-14(11-22)8-9-20/h2-3,6-7,14H,4-5,8-12,20H2,1H3. The minimum Gasteiger partial charge on any atom is -0.330 e. The molecule has 1 unspecified atom stereocenters. The molecule has 0 amide bonds. The maximum Gasteiger partial charge on any atom is 0.0740 e. The molecule has 2 heterocycles. The molecule has 0 spiro atoms. The molecule has 0 aliphatic carbocycles. The van der Waals surface area contributed by atoms with Crippen molar-refractivity contribution in [3.8, 4) is 0 Å². The Balaban J connectivity index is 1.83. The summed E-state index contributed by atoms with van der Waals surface area (Å²) in [5.74, 6) is 0.721. The fraction of sp³-hybridized carbons (Fsp3) is 0.500. The number of benzene rings is 1. The molecule has 1 aromatic carbocycles. The number of para-hydroxylation sites is 1. The first-order chi connectivity index (χ1) is 10.7. The molecule has 0 radical (unpaired) electrons. The van der Waals surface area contributed by atoms with Crippen molar-refractivity contribution in [1.29, 1.82) is 0 Å². The van der Waals surface area contributed by atoms with Crippen molar-refractivity contribution in [2.45, 2.75) is 32.7 Å². The van der Waals surface area contributed by atoms with E-state index in [-0.39, 0.29) is 0 Å². The lowest BCUT2D eigenvalue weighted by Crippen LogP contribution is -2.36. The SMILES string of the molecule is Cc1c(Cl)c(CN2CCCC(CCN)C2)nc2ccccc12. The molecular weight excluding hydrogens is 294 g/mol. The molecule has 1 aromatic heterocycles. The molecule has 2 aromatic rings. The molecule has 0 saturated carbocycles. The quantitative estimate of drug-likeness (QED) is 0.933. The van der Waals surface area contributed by atoms with E-state index in [0.717, 1.165) is 65.7 Å². The number of halogens is 1. The predicted octanol–water partition coefficient (Wildman–Crippen LogP) is 3.76. The van der Waals surface area contributed by atoms with Gasteiger partial charge in [0.05, 0.1) is 16.2 Å². The number of pyridine rings is 1. The molecule has 118 valence electrons. The van der Waals surface area contributed by atoms with E-state index in [1.807, 2.05) is 12.1 Å². The molecule has 1 fully saturated rings. The molecule has 3 nitrogen and oxygen atoms in total. The summed E-state index contributed by atoms with van der Waals surface area (Å²) in [6, 6.07) is 8.22. The van der Waals surface area contributed by atoms with Crippen molar-refractivity contribution in [2.75, 3.05) is 19.6 Å². The van der Waals surface area contributed by atoms with Gasteiger partial charge < -0.3 is 5.73 Å². The summed E-state index contributed by atoms with van der Waals surface area (Å²) in [5, 5.41) is 1.97. The highest BCUT2D eigenvalue weighted by Crippen LogP contribution is 2.29. The number of nitrogens with two attached hydrogens (primary N) is 1. The van der Waals surface area contributed by atoms with Crippen LogP contribution in [0.15, 0.2) is 24.3 Å². The van der Waals surface area contributed by atoms with E-state index in [9.17, 15) is 0 Å². The normalized spacial score (nSPS) is 19.7. The number of nitrogens with zero attached hydrogens (tertiary/aromatic N) is 2. The van der Waals surface area contributed by atoms with Crippen molar-refractivity contribution < 1.29 is 0 Å². The molecule has 1 aliphatic heterocycles. The number of hydrogen-bond acceptors (Lipinski definition) is 3. The van der Waals surface area contributed by atoms with E-state index in [2.05, 4.69) is 24.0 Å². The third-order valence-corrected chi connectivity index (χ3v) is 5.20. The van der Waals surface area contributed by atoms with Crippen LogP contribution >= 0.6 is 11.6 Å². The van der Waals surface area contributed by atoms with Gasteiger partial charge in [0, 0.05) is 18.5 Å². The number of likely N-dealkylation sites (tertiary alicyclic amines) is 1. The van der Waals surface area contributed by atoms with Crippen LogP contribution in [0.5, 0.6) is 0 Å². The highest BCUT2D eigenvalue weighted by molar-refractivity contribution is 6.32. The van der Waals surface area contributed by atoms with Crippen LogP contribution in [0.4, 0.5) is 0 Å². The van der Waals surface area contributed by atoms with Gasteiger partial charge in [-0.15, -0.1) is 0 Å². The lowest BCUT2D eigenvalue weighted by Gasteiger charge is -2.32. The Kier molecular flexibility index (Phi) is 4.97. The van der Waals surface area contributed by atoms with E-state index in [1.54, 1.807) is 0 Å². The van der Waals surface area contributed by atoms with Crippen LogP contribution in [-0.2, 0) is 6.54 Å². The topological polar surface area (TPSA) is 42.1 Å². The van der Waals surface area contributed by atoms with Crippen molar-refractivity contribution in [2.24, 2.45) is 11.7 Å². The first-order valence-corrected chi connectivity index (χ1v) is 8.53. The van der Waals surface area contributed by atoms with Gasteiger partial charge in [-0.1, -0.05) is 29.8 Å². The summed E-state index contributed by atoms with van der Waals surface area (Å²) < 4.78 is 0. The van der Waals surface area contributed by atoms with Crippen molar-refractivity contribution in [3.05, 3.63) is 40.5 Å². The summed E-state index contributed by atoms with van der Waals surface area (Å²) in [6.07, 6.45) is 3.66. The van der Waals surface area contributed by atoms with Crippen LogP contribution in [0.2, 0.25) is 5.02 Å². The van der Waals surface area contributed by atoms with Crippen LogP contribution in [-0.4, -0.2) is 29.5 Å². The molecule has 22 heavy (non-hydrogen) atoms. The third kappa shape index (κ3) is 3.27. The second-order valence-corrected chi connectivity index (χ2v) is 6.71. The number of piperidine rings is 1. The monoisotopic (exact) mass is 317 g/mol. The summed E-state index contributed by atoms with van der Waals surface area (Å²) in [7, 11) is 0. The van der Waals surface area contributed by atoms with Gasteiger partial charge in [0.15, 0.2) is 0 Å². The summed E-state index contributed by atoms with van der Waals surface area (Å²) >= 11 is 6.58.